The van der Waals surface area contributed by atoms with Gasteiger partial charge in [0.25, 0.3) is 0 Å². The Morgan fingerprint density at radius 2 is 2.50 bits per heavy atom. The van der Waals surface area contributed by atoms with Gasteiger partial charge in [0, 0.05) is 37.4 Å². The number of likely N-dealkylation sites (tertiary alicyclic amines) is 1. The number of carbonyl (C=O) groups excluding carboxylic acids is 1. The summed E-state index contributed by atoms with van der Waals surface area (Å²) in [6.45, 7) is 1.74. The number of pyridine rings is 1. The number of hydrogen-bond donors (Lipinski definition) is 1. The summed E-state index contributed by atoms with van der Waals surface area (Å²) in [6, 6.07) is 4.72. The molecule has 2 aliphatic rings. The highest BCUT2D eigenvalue weighted by molar-refractivity contribution is 5.80. The van der Waals surface area contributed by atoms with Crippen LogP contribution in [0.5, 0.6) is 0 Å². The molecule has 3 rings (SSSR count). The lowest BCUT2D eigenvalue weighted by Crippen LogP contribution is -2.35. The second-order valence-corrected chi connectivity index (χ2v) is 4.50. The van der Waals surface area contributed by atoms with Crippen LogP contribution in [0.1, 0.15) is 18.4 Å². The normalized spacial score (nSPS) is 28.5. The van der Waals surface area contributed by atoms with Crippen LogP contribution in [-0.4, -0.2) is 34.4 Å². The van der Waals surface area contributed by atoms with Crippen LogP contribution >= 0.6 is 0 Å². The first-order valence-electron chi connectivity index (χ1n) is 5.76. The number of carbonyl (C=O) groups is 1. The Bertz CT molecular complexity index is 393. The predicted octanol–water partition coefficient (Wildman–Crippen LogP) is 0.544. The van der Waals surface area contributed by atoms with Crippen LogP contribution in [0.3, 0.4) is 0 Å². The molecule has 0 aliphatic carbocycles. The zero-order valence-electron chi connectivity index (χ0n) is 9.10. The van der Waals surface area contributed by atoms with Crippen LogP contribution in [0.4, 0.5) is 0 Å². The van der Waals surface area contributed by atoms with E-state index in [1.165, 1.54) is 0 Å². The monoisotopic (exact) mass is 217 g/mol. The first-order chi connectivity index (χ1) is 7.84. The molecule has 2 atom stereocenters. The Morgan fingerprint density at radius 1 is 1.56 bits per heavy atom. The molecule has 2 saturated heterocycles. The molecule has 1 N–H and O–H groups in total. The molecule has 16 heavy (non-hydrogen) atoms. The fraction of sp³-hybridized carbons (Fsp3) is 0.500. The van der Waals surface area contributed by atoms with E-state index in [-0.39, 0.29) is 5.91 Å². The van der Waals surface area contributed by atoms with Gasteiger partial charge in [-0.1, -0.05) is 6.07 Å². The summed E-state index contributed by atoms with van der Waals surface area (Å²) in [6.07, 6.45) is 5.33. The van der Waals surface area contributed by atoms with E-state index in [0.29, 0.717) is 25.0 Å². The fourth-order valence-corrected chi connectivity index (χ4v) is 2.72. The standard InChI is InChI=1S/C12H15N3O/c16-12-6-10-11(3-5-14-10)15(12)8-9-2-1-4-13-7-9/h1-2,4,7,10-11,14H,3,5-6,8H2/t10-,11+/m1/s1. The largest absolute Gasteiger partial charge is 0.334 e. The van der Waals surface area contributed by atoms with E-state index in [0.717, 1.165) is 18.5 Å². The third kappa shape index (κ3) is 1.59. The van der Waals surface area contributed by atoms with Crippen LogP contribution in [0.15, 0.2) is 24.5 Å². The smallest absolute Gasteiger partial charge is 0.224 e. The van der Waals surface area contributed by atoms with Gasteiger partial charge in [-0.25, -0.2) is 0 Å². The molecule has 0 bridgehead atoms. The summed E-state index contributed by atoms with van der Waals surface area (Å²) in [4.78, 5) is 17.9. The number of amides is 1. The van der Waals surface area contributed by atoms with Crippen molar-refractivity contribution < 1.29 is 4.79 Å². The van der Waals surface area contributed by atoms with Crippen molar-refractivity contribution in [2.45, 2.75) is 31.5 Å². The molecule has 0 aromatic carbocycles. The van der Waals surface area contributed by atoms with Crippen molar-refractivity contribution in [1.29, 1.82) is 0 Å². The lowest BCUT2D eigenvalue weighted by atomic mass is 10.1. The predicted molar refractivity (Wildman–Crippen MR) is 59.6 cm³/mol. The number of aromatic nitrogens is 1. The first kappa shape index (κ1) is 9.78. The zero-order chi connectivity index (χ0) is 11.0. The number of nitrogens with one attached hydrogen (secondary N) is 1. The van der Waals surface area contributed by atoms with Crippen LogP contribution in [0.2, 0.25) is 0 Å². The minimum absolute atomic E-state index is 0.269. The minimum atomic E-state index is 0.269. The zero-order valence-corrected chi connectivity index (χ0v) is 9.10. The third-order valence-corrected chi connectivity index (χ3v) is 3.50. The summed E-state index contributed by atoms with van der Waals surface area (Å²) in [5, 5.41) is 3.39. The van der Waals surface area contributed by atoms with Crippen molar-refractivity contribution in [2.24, 2.45) is 0 Å². The highest BCUT2D eigenvalue weighted by Gasteiger charge is 2.42. The molecule has 1 aromatic heterocycles. The highest BCUT2D eigenvalue weighted by atomic mass is 16.2. The molecular formula is C12H15N3O. The Balaban J connectivity index is 1.77. The molecule has 0 radical (unpaired) electrons. The van der Waals surface area contributed by atoms with Crippen molar-refractivity contribution in [3.63, 3.8) is 0 Å². The van der Waals surface area contributed by atoms with Crippen LogP contribution < -0.4 is 5.32 Å². The molecule has 2 aliphatic heterocycles. The lowest BCUT2D eigenvalue weighted by molar-refractivity contribution is -0.129. The van der Waals surface area contributed by atoms with Gasteiger partial charge in [0.15, 0.2) is 0 Å². The molecule has 1 amide bonds. The number of fused-ring (bicyclic) bond motifs is 1. The molecule has 0 spiro atoms. The summed E-state index contributed by atoms with van der Waals surface area (Å²) in [5.41, 5.74) is 1.11. The molecule has 3 heterocycles. The van der Waals surface area contributed by atoms with E-state index in [4.69, 9.17) is 0 Å². The summed E-state index contributed by atoms with van der Waals surface area (Å²) >= 11 is 0. The van der Waals surface area contributed by atoms with Gasteiger partial charge in [-0.15, -0.1) is 0 Å². The van der Waals surface area contributed by atoms with Gasteiger partial charge in [-0.05, 0) is 24.6 Å². The van der Waals surface area contributed by atoms with Gasteiger partial charge in [0.1, 0.15) is 0 Å². The van der Waals surface area contributed by atoms with E-state index in [1.807, 2.05) is 23.2 Å². The Kier molecular flexibility index (Phi) is 2.36. The molecule has 0 saturated carbocycles. The summed E-state index contributed by atoms with van der Waals surface area (Å²) < 4.78 is 0. The molecule has 4 heteroatoms. The van der Waals surface area contributed by atoms with Crippen LogP contribution in [-0.2, 0) is 11.3 Å². The third-order valence-electron chi connectivity index (χ3n) is 3.50. The topological polar surface area (TPSA) is 45.2 Å². The van der Waals surface area contributed by atoms with E-state index in [2.05, 4.69) is 10.3 Å². The molecular weight excluding hydrogens is 202 g/mol. The second-order valence-electron chi connectivity index (χ2n) is 4.50. The van der Waals surface area contributed by atoms with Gasteiger partial charge < -0.3 is 10.2 Å². The van der Waals surface area contributed by atoms with Crippen LogP contribution in [0, 0.1) is 0 Å². The first-order valence-corrected chi connectivity index (χ1v) is 5.76. The highest BCUT2D eigenvalue weighted by Crippen LogP contribution is 2.27. The van der Waals surface area contributed by atoms with Crippen molar-refractivity contribution in [3.8, 4) is 0 Å². The van der Waals surface area contributed by atoms with Crippen LogP contribution in [0.25, 0.3) is 0 Å². The van der Waals surface area contributed by atoms with Gasteiger partial charge in [0.05, 0.1) is 0 Å². The average Bonchev–Trinajstić information content (AvgIpc) is 2.84. The molecule has 1 aromatic rings. The Morgan fingerprint density at radius 3 is 3.31 bits per heavy atom. The number of rotatable bonds is 2. The second kappa shape index (κ2) is 3.87. The van der Waals surface area contributed by atoms with Crippen molar-refractivity contribution in [2.75, 3.05) is 6.54 Å². The van der Waals surface area contributed by atoms with Gasteiger partial charge >= 0.3 is 0 Å². The molecule has 4 nitrogen and oxygen atoms in total. The van der Waals surface area contributed by atoms with Crippen molar-refractivity contribution >= 4 is 5.91 Å². The Labute approximate surface area is 94.7 Å². The average molecular weight is 217 g/mol. The van der Waals surface area contributed by atoms with E-state index in [9.17, 15) is 4.79 Å². The molecule has 2 fully saturated rings. The maximum atomic E-state index is 11.9. The van der Waals surface area contributed by atoms with Gasteiger partial charge in [-0.2, -0.15) is 0 Å². The Hall–Kier alpha value is -1.42. The SMILES string of the molecule is O=C1C[C@H]2NCC[C@@H]2N1Cc1cccnc1. The van der Waals surface area contributed by atoms with Gasteiger partial charge in [0.2, 0.25) is 5.91 Å². The van der Waals surface area contributed by atoms with E-state index >= 15 is 0 Å². The van der Waals surface area contributed by atoms with E-state index < -0.39 is 0 Å². The van der Waals surface area contributed by atoms with Crippen molar-refractivity contribution in [1.82, 2.24) is 15.2 Å². The maximum Gasteiger partial charge on any atom is 0.224 e. The maximum absolute atomic E-state index is 11.9. The number of hydrogen-bond acceptors (Lipinski definition) is 3. The summed E-state index contributed by atoms with van der Waals surface area (Å²) in [7, 11) is 0. The summed E-state index contributed by atoms with van der Waals surface area (Å²) in [5.74, 6) is 0.269. The molecule has 84 valence electrons. The fourth-order valence-electron chi connectivity index (χ4n) is 2.72. The van der Waals surface area contributed by atoms with Crippen molar-refractivity contribution in [3.05, 3.63) is 30.1 Å². The van der Waals surface area contributed by atoms with E-state index in [1.54, 1.807) is 6.20 Å². The lowest BCUT2D eigenvalue weighted by Gasteiger charge is -2.23. The number of nitrogens with zero attached hydrogens (tertiary/aromatic N) is 2. The quantitative estimate of drug-likeness (QED) is 0.786. The minimum Gasteiger partial charge on any atom is -0.334 e. The molecule has 0 unspecified atom stereocenters. The van der Waals surface area contributed by atoms with Gasteiger partial charge in [-0.3, -0.25) is 9.78 Å².